The molecule has 0 aliphatic rings. The lowest BCUT2D eigenvalue weighted by Crippen LogP contribution is -2.45. The molecule has 2 aromatic carbocycles. The molecular weight excluding hydrogens is 610 g/mol. The smallest absolute Gasteiger partial charge is 0.327 e. The highest BCUT2D eigenvalue weighted by Gasteiger charge is 2.46. The third-order valence-electron chi connectivity index (χ3n) is 8.40. The first-order valence-corrected chi connectivity index (χ1v) is 18.5. The molecule has 0 aliphatic heterocycles. The van der Waals surface area contributed by atoms with Crippen molar-refractivity contribution >= 4 is 17.2 Å². The molecule has 0 spiro atoms. The topological polar surface area (TPSA) is 129 Å². The number of unbranched alkanes of at least 4 members (excludes halogenated alkanes) is 6. The van der Waals surface area contributed by atoms with E-state index >= 15 is 0 Å². The molecule has 0 aliphatic carbocycles. The van der Waals surface area contributed by atoms with Crippen molar-refractivity contribution < 1.29 is 38.5 Å². The molecule has 0 heterocycles. The molecule has 0 bridgehead atoms. The lowest BCUT2D eigenvalue weighted by molar-refractivity contribution is -0.0664. The Morgan fingerprint density at radius 3 is 1.82 bits per heavy atom. The highest BCUT2D eigenvalue weighted by molar-refractivity contribution is 7.39. The lowest BCUT2D eigenvalue weighted by Gasteiger charge is -2.42. The first-order chi connectivity index (χ1) is 21.1. The summed E-state index contributed by atoms with van der Waals surface area (Å²) < 4.78 is 17.7. The Balaban J connectivity index is 2.73. The van der Waals surface area contributed by atoms with E-state index in [0.717, 1.165) is 47.1 Å². The summed E-state index contributed by atoms with van der Waals surface area (Å²) in [7, 11) is -5.54. The highest BCUT2D eigenvalue weighted by Crippen LogP contribution is 2.48. The summed E-state index contributed by atoms with van der Waals surface area (Å²) in [5, 5.41) is 11.1. The van der Waals surface area contributed by atoms with Gasteiger partial charge in [-0.15, -0.1) is 0 Å². The quantitative estimate of drug-likeness (QED) is 0.0745. The van der Waals surface area contributed by atoms with Crippen LogP contribution in [0.25, 0.3) is 0 Å². The number of aryl methyl sites for hydroxylation is 2. The summed E-state index contributed by atoms with van der Waals surface area (Å²) in [6.07, 6.45) is 8.24. The van der Waals surface area contributed by atoms with Crippen LogP contribution >= 0.6 is 17.2 Å². The van der Waals surface area contributed by atoms with E-state index in [0.29, 0.717) is 5.75 Å². The van der Waals surface area contributed by atoms with E-state index in [1.165, 1.54) is 32.1 Å². The van der Waals surface area contributed by atoms with Gasteiger partial charge in [-0.2, -0.15) is 0 Å². The number of rotatable bonds is 19. The van der Waals surface area contributed by atoms with Crippen molar-refractivity contribution in [2.75, 3.05) is 19.8 Å². The van der Waals surface area contributed by atoms with Crippen LogP contribution < -0.4 is 4.74 Å². The van der Waals surface area contributed by atoms with Crippen LogP contribution in [-0.4, -0.2) is 44.5 Å². The average Bonchev–Trinajstić information content (AvgIpc) is 2.95. The molecule has 256 valence electrons. The fraction of sp³-hybridized carbons (Fsp3) is 0.657. The van der Waals surface area contributed by atoms with Crippen LogP contribution in [0.5, 0.6) is 5.75 Å². The summed E-state index contributed by atoms with van der Waals surface area (Å²) in [4.78, 5) is 39.1. The van der Waals surface area contributed by atoms with Gasteiger partial charge in [-0.1, -0.05) is 117 Å². The number of aliphatic hydroxyl groups excluding tert-OH is 1. The fourth-order valence-corrected chi connectivity index (χ4v) is 6.40. The van der Waals surface area contributed by atoms with Crippen molar-refractivity contribution in [3.05, 3.63) is 64.2 Å². The monoisotopic (exact) mass is 668 g/mol. The molecule has 0 radical (unpaired) electrons. The van der Waals surface area contributed by atoms with E-state index in [1.54, 1.807) is 0 Å². The third-order valence-corrected chi connectivity index (χ3v) is 9.12. The van der Waals surface area contributed by atoms with Gasteiger partial charge in [0.2, 0.25) is 0 Å². The van der Waals surface area contributed by atoms with Crippen LogP contribution in [0.3, 0.4) is 0 Å². The first kappa shape index (κ1) is 40.0. The molecule has 0 saturated heterocycles. The Morgan fingerprint density at radius 1 is 0.756 bits per heavy atom. The molecule has 0 aromatic heterocycles. The van der Waals surface area contributed by atoms with Gasteiger partial charge in [-0.25, -0.2) is 0 Å². The molecule has 0 saturated carbocycles. The summed E-state index contributed by atoms with van der Waals surface area (Å²) >= 11 is 0. The highest BCUT2D eigenvalue weighted by atomic mass is 31.2. The predicted octanol–water partition coefficient (Wildman–Crippen LogP) is 8.44. The molecule has 2 aromatic rings. The van der Waals surface area contributed by atoms with Gasteiger partial charge >= 0.3 is 17.2 Å². The molecule has 0 amide bonds. The normalized spacial score (nSPS) is 13.6. The average molecular weight is 669 g/mol. The molecule has 10 heteroatoms. The van der Waals surface area contributed by atoms with E-state index in [-0.39, 0.29) is 24.0 Å². The second kappa shape index (κ2) is 18.4. The zero-order valence-electron chi connectivity index (χ0n) is 28.7. The SMILES string of the molecule is CCCCCCCCCc1ccccc1OC(c1c(C)cc(C(C)(C)C)cc1C(C)(C)C)C(CO)(COP(O)O)COP(O)O. The molecular formula is C35H58O8P2. The van der Waals surface area contributed by atoms with Crippen molar-refractivity contribution in [2.24, 2.45) is 5.41 Å². The van der Waals surface area contributed by atoms with Gasteiger partial charge < -0.3 is 38.5 Å². The maximum absolute atomic E-state index is 11.1. The van der Waals surface area contributed by atoms with E-state index in [2.05, 4.69) is 66.7 Å². The van der Waals surface area contributed by atoms with Crippen molar-refractivity contribution in [1.82, 2.24) is 0 Å². The molecule has 2 rings (SSSR count). The maximum atomic E-state index is 11.1. The number of para-hydroxylation sites is 1. The minimum absolute atomic E-state index is 0.129. The zero-order chi connectivity index (χ0) is 33.8. The van der Waals surface area contributed by atoms with Gasteiger partial charge in [0.25, 0.3) is 0 Å². The van der Waals surface area contributed by atoms with E-state index in [4.69, 9.17) is 13.8 Å². The molecule has 0 fully saturated rings. The lowest BCUT2D eigenvalue weighted by atomic mass is 9.71. The predicted molar refractivity (Wildman–Crippen MR) is 184 cm³/mol. The van der Waals surface area contributed by atoms with E-state index in [9.17, 15) is 24.7 Å². The van der Waals surface area contributed by atoms with Crippen LogP contribution in [0.2, 0.25) is 0 Å². The largest absolute Gasteiger partial charge is 0.485 e. The van der Waals surface area contributed by atoms with Gasteiger partial charge in [0.05, 0.1) is 25.2 Å². The van der Waals surface area contributed by atoms with Gasteiger partial charge in [0.1, 0.15) is 11.9 Å². The van der Waals surface area contributed by atoms with Crippen LogP contribution in [0.1, 0.15) is 127 Å². The second-order valence-corrected chi connectivity index (χ2v) is 15.8. The minimum Gasteiger partial charge on any atom is -0.485 e. The first-order valence-electron chi connectivity index (χ1n) is 16.2. The standard InChI is InChI=1S/C35H58O8P2/c1-9-10-11-12-13-14-15-18-27-19-16-17-20-30(27)43-32(35(23-36,24-41-44(37)38)25-42-45(39)40)31-26(2)21-28(33(3,4)5)22-29(31)34(6,7)8/h16-17,19-22,32,36-40H,9-15,18,23-25H2,1-8H3. The van der Waals surface area contributed by atoms with Gasteiger partial charge in [-0.3, -0.25) is 0 Å². The Bertz CT molecular complexity index is 1150. The zero-order valence-corrected chi connectivity index (χ0v) is 30.5. The summed E-state index contributed by atoms with van der Waals surface area (Å²) in [5.74, 6) is 0.649. The third kappa shape index (κ3) is 12.4. The molecule has 5 N–H and O–H groups in total. The van der Waals surface area contributed by atoms with Crippen LogP contribution in [0.4, 0.5) is 0 Å². The van der Waals surface area contributed by atoms with E-state index < -0.39 is 35.3 Å². The van der Waals surface area contributed by atoms with Crippen LogP contribution in [0.15, 0.2) is 36.4 Å². The van der Waals surface area contributed by atoms with E-state index in [1.807, 2.05) is 25.1 Å². The Labute approximate surface area is 274 Å². The molecule has 8 nitrogen and oxygen atoms in total. The van der Waals surface area contributed by atoms with Crippen molar-refractivity contribution in [1.29, 1.82) is 0 Å². The Kier molecular flexibility index (Phi) is 16.3. The maximum Gasteiger partial charge on any atom is 0.327 e. The molecule has 45 heavy (non-hydrogen) atoms. The minimum atomic E-state index is -2.77. The number of hydrogen-bond donors (Lipinski definition) is 5. The number of ether oxygens (including phenoxy) is 1. The summed E-state index contributed by atoms with van der Waals surface area (Å²) in [5.41, 5.74) is 3.04. The van der Waals surface area contributed by atoms with Crippen LogP contribution in [-0.2, 0) is 26.3 Å². The summed E-state index contributed by atoms with van der Waals surface area (Å²) in [6, 6.07) is 12.2. The van der Waals surface area contributed by atoms with Crippen molar-refractivity contribution in [3.63, 3.8) is 0 Å². The number of hydrogen-bond acceptors (Lipinski definition) is 8. The van der Waals surface area contributed by atoms with Gasteiger partial charge in [-0.05, 0) is 64.5 Å². The van der Waals surface area contributed by atoms with Crippen molar-refractivity contribution in [3.8, 4) is 5.75 Å². The fourth-order valence-electron chi connectivity index (χ4n) is 5.65. The molecule has 1 unspecified atom stereocenters. The van der Waals surface area contributed by atoms with Gasteiger partial charge in [0, 0.05) is 0 Å². The van der Waals surface area contributed by atoms with Crippen LogP contribution in [0, 0.1) is 12.3 Å². The number of aliphatic hydroxyl groups is 1. The van der Waals surface area contributed by atoms with Crippen molar-refractivity contribution in [2.45, 2.75) is 124 Å². The van der Waals surface area contributed by atoms with Gasteiger partial charge in [0.15, 0.2) is 0 Å². The summed E-state index contributed by atoms with van der Waals surface area (Å²) in [6.45, 7) is 15.8. The number of benzene rings is 2. The Morgan fingerprint density at radius 2 is 1.31 bits per heavy atom. The molecule has 1 atom stereocenters. The Hall–Kier alpha value is -1.18. The second-order valence-electron chi connectivity index (χ2n) is 14.3.